The molecule has 1 fully saturated rings. The second-order valence-electron chi connectivity index (χ2n) is 2.22. The summed E-state index contributed by atoms with van der Waals surface area (Å²) in [6, 6.07) is 0. The van der Waals surface area contributed by atoms with Crippen LogP contribution in [0, 0.1) is 0 Å². The fourth-order valence-corrected chi connectivity index (χ4v) is 0.785. The molecule has 0 aliphatic carbocycles. The molecule has 1 rings (SSSR count). The van der Waals surface area contributed by atoms with Crippen LogP contribution in [0.2, 0.25) is 0 Å². The van der Waals surface area contributed by atoms with E-state index in [0.29, 0.717) is 19.8 Å². The molecule has 1 saturated heterocycles. The highest BCUT2D eigenvalue weighted by atomic mass is 16.6. The first-order chi connectivity index (χ1) is 4.30. The standard InChI is InChI=1S/C6H12O3/c1-5(7)6-4-8-2-3-9-6/h5-7H,2-4H2,1H3/t5?,6-/m1/s1. The van der Waals surface area contributed by atoms with E-state index in [0.717, 1.165) is 0 Å². The zero-order valence-electron chi connectivity index (χ0n) is 5.54. The number of hydrogen-bond acceptors (Lipinski definition) is 3. The van der Waals surface area contributed by atoms with Crippen molar-refractivity contribution in [2.24, 2.45) is 0 Å². The number of aliphatic hydroxyl groups is 1. The van der Waals surface area contributed by atoms with Gasteiger partial charge in [0.15, 0.2) is 0 Å². The van der Waals surface area contributed by atoms with Crippen LogP contribution in [0.3, 0.4) is 0 Å². The van der Waals surface area contributed by atoms with Crippen LogP contribution in [-0.2, 0) is 9.47 Å². The van der Waals surface area contributed by atoms with Crippen molar-refractivity contribution in [3.8, 4) is 0 Å². The van der Waals surface area contributed by atoms with Crippen LogP contribution in [-0.4, -0.2) is 37.1 Å². The largest absolute Gasteiger partial charge is 0.391 e. The fourth-order valence-electron chi connectivity index (χ4n) is 0.785. The summed E-state index contributed by atoms with van der Waals surface area (Å²) >= 11 is 0. The van der Waals surface area contributed by atoms with Crippen molar-refractivity contribution in [3.05, 3.63) is 0 Å². The van der Waals surface area contributed by atoms with Gasteiger partial charge in [-0.1, -0.05) is 0 Å². The van der Waals surface area contributed by atoms with Crippen molar-refractivity contribution >= 4 is 0 Å². The summed E-state index contributed by atoms with van der Waals surface area (Å²) < 4.78 is 10.2. The average Bonchev–Trinajstić information content (AvgIpc) is 1.90. The van der Waals surface area contributed by atoms with E-state index in [1.807, 2.05) is 0 Å². The second kappa shape index (κ2) is 3.15. The van der Waals surface area contributed by atoms with Gasteiger partial charge in [-0.05, 0) is 6.92 Å². The Balaban J connectivity index is 2.23. The molecular formula is C6H12O3. The summed E-state index contributed by atoms with van der Waals surface area (Å²) in [6.07, 6.45) is -0.524. The van der Waals surface area contributed by atoms with Crippen molar-refractivity contribution in [2.45, 2.75) is 19.1 Å². The van der Waals surface area contributed by atoms with Crippen LogP contribution in [0.5, 0.6) is 0 Å². The lowest BCUT2D eigenvalue weighted by Crippen LogP contribution is -2.36. The quantitative estimate of drug-likeness (QED) is 0.536. The summed E-state index contributed by atoms with van der Waals surface area (Å²) in [6.45, 7) is 3.50. The molecular weight excluding hydrogens is 120 g/mol. The molecule has 0 aromatic rings. The Labute approximate surface area is 54.6 Å². The third-order valence-corrected chi connectivity index (χ3v) is 1.38. The van der Waals surface area contributed by atoms with Gasteiger partial charge in [0, 0.05) is 0 Å². The van der Waals surface area contributed by atoms with E-state index in [1.54, 1.807) is 6.92 Å². The summed E-state index contributed by atoms with van der Waals surface area (Å²) in [5, 5.41) is 8.97. The molecule has 1 N–H and O–H groups in total. The van der Waals surface area contributed by atoms with Gasteiger partial charge in [0.05, 0.1) is 25.9 Å². The molecule has 0 aromatic carbocycles. The molecule has 1 aliphatic rings. The van der Waals surface area contributed by atoms with E-state index in [4.69, 9.17) is 14.6 Å². The molecule has 0 radical (unpaired) electrons. The van der Waals surface area contributed by atoms with E-state index in [2.05, 4.69) is 0 Å². The Morgan fingerprint density at radius 3 is 2.67 bits per heavy atom. The highest BCUT2D eigenvalue weighted by Gasteiger charge is 2.18. The molecule has 1 unspecified atom stereocenters. The molecule has 1 heterocycles. The molecule has 3 heteroatoms. The van der Waals surface area contributed by atoms with Crippen LogP contribution in [0.4, 0.5) is 0 Å². The Morgan fingerprint density at radius 2 is 2.33 bits per heavy atom. The first-order valence-corrected chi connectivity index (χ1v) is 3.18. The van der Waals surface area contributed by atoms with Crippen LogP contribution >= 0.6 is 0 Å². The van der Waals surface area contributed by atoms with Crippen LogP contribution in [0.1, 0.15) is 6.92 Å². The van der Waals surface area contributed by atoms with E-state index in [1.165, 1.54) is 0 Å². The van der Waals surface area contributed by atoms with Gasteiger partial charge in [0.25, 0.3) is 0 Å². The van der Waals surface area contributed by atoms with E-state index >= 15 is 0 Å². The van der Waals surface area contributed by atoms with Gasteiger partial charge in [-0.15, -0.1) is 0 Å². The van der Waals surface area contributed by atoms with Crippen LogP contribution in [0.25, 0.3) is 0 Å². The minimum Gasteiger partial charge on any atom is -0.391 e. The Morgan fingerprint density at radius 1 is 1.56 bits per heavy atom. The SMILES string of the molecule is CC(O)[C@H]1COCCO1. The maximum atomic E-state index is 8.97. The number of ether oxygens (including phenoxy) is 2. The van der Waals surface area contributed by atoms with E-state index in [-0.39, 0.29) is 6.10 Å². The normalized spacial score (nSPS) is 32.0. The first-order valence-electron chi connectivity index (χ1n) is 3.18. The van der Waals surface area contributed by atoms with Gasteiger partial charge < -0.3 is 14.6 Å². The summed E-state index contributed by atoms with van der Waals surface area (Å²) in [5.41, 5.74) is 0. The zero-order chi connectivity index (χ0) is 6.69. The topological polar surface area (TPSA) is 38.7 Å². The lowest BCUT2D eigenvalue weighted by molar-refractivity contribution is -0.127. The lowest BCUT2D eigenvalue weighted by Gasteiger charge is -2.24. The van der Waals surface area contributed by atoms with Gasteiger partial charge in [-0.2, -0.15) is 0 Å². The van der Waals surface area contributed by atoms with Gasteiger partial charge in [0.2, 0.25) is 0 Å². The lowest BCUT2D eigenvalue weighted by atomic mass is 10.2. The monoisotopic (exact) mass is 132 g/mol. The van der Waals surface area contributed by atoms with Gasteiger partial charge >= 0.3 is 0 Å². The van der Waals surface area contributed by atoms with Gasteiger partial charge in [-0.25, -0.2) is 0 Å². The van der Waals surface area contributed by atoms with Crippen molar-refractivity contribution in [3.63, 3.8) is 0 Å². The molecule has 1 aliphatic heterocycles. The van der Waals surface area contributed by atoms with E-state index < -0.39 is 6.10 Å². The summed E-state index contributed by atoms with van der Waals surface area (Å²) in [7, 11) is 0. The Hall–Kier alpha value is -0.120. The summed E-state index contributed by atoms with van der Waals surface area (Å²) in [5.74, 6) is 0. The third kappa shape index (κ3) is 1.93. The predicted octanol–water partition coefficient (Wildman–Crippen LogP) is -0.217. The molecule has 0 aromatic heterocycles. The molecule has 3 nitrogen and oxygen atoms in total. The van der Waals surface area contributed by atoms with Crippen LogP contribution < -0.4 is 0 Å². The fraction of sp³-hybridized carbons (Fsp3) is 1.00. The zero-order valence-corrected chi connectivity index (χ0v) is 5.54. The second-order valence-corrected chi connectivity index (χ2v) is 2.22. The van der Waals surface area contributed by atoms with Gasteiger partial charge in [0.1, 0.15) is 6.10 Å². The predicted molar refractivity (Wildman–Crippen MR) is 32.2 cm³/mol. The Bertz CT molecular complexity index is 76.4. The number of hydrogen-bond donors (Lipinski definition) is 1. The summed E-state index contributed by atoms with van der Waals surface area (Å²) in [4.78, 5) is 0. The Kier molecular flexibility index (Phi) is 2.45. The molecule has 2 atom stereocenters. The van der Waals surface area contributed by atoms with Crippen molar-refractivity contribution in [1.29, 1.82) is 0 Å². The molecule has 0 saturated carbocycles. The van der Waals surface area contributed by atoms with Crippen molar-refractivity contribution in [1.82, 2.24) is 0 Å². The first kappa shape index (κ1) is 6.99. The van der Waals surface area contributed by atoms with Gasteiger partial charge in [-0.3, -0.25) is 0 Å². The third-order valence-electron chi connectivity index (χ3n) is 1.38. The minimum atomic E-state index is -0.412. The molecule has 0 amide bonds. The average molecular weight is 132 g/mol. The maximum Gasteiger partial charge on any atom is 0.106 e. The highest BCUT2D eigenvalue weighted by molar-refractivity contribution is 4.65. The van der Waals surface area contributed by atoms with Crippen LogP contribution in [0.15, 0.2) is 0 Å². The smallest absolute Gasteiger partial charge is 0.106 e. The van der Waals surface area contributed by atoms with E-state index in [9.17, 15) is 0 Å². The minimum absolute atomic E-state index is 0.112. The number of rotatable bonds is 1. The molecule has 9 heavy (non-hydrogen) atoms. The number of aliphatic hydroxyl groups excluding tert-OH is 1. The van der Waals surface area contributed by atoms with Crippen molar-refractivity contribution < 1.29 is 14.6 Å². The molecule has 0 bridgehead atoms. The molecule has 54 valence electrons. The highest BCUT2D eigenvalue weighted by Crippen LogP contribution is 2.04. The molecule has 0 spiro atoms. The maximum absolute atomic E-state index is 8.97. The van der Waals surface area contributed by atoms with Crippen molar-refractivity contribution in [2.75, 3.05) is 19.8 Å².